The van der Waals surface area contributed by atoms with E-state index in [1.165, 1.54) is 5.56 Å². The van der Waals surface area contributed by atoms with Gasteiger partial charge < -0.3 is 5.32 Å². The Hall–Kier alpha value is -3.39. The first kappa shape index (κ1) is 14.5. The highest BCUT2D eigenvalue weighted by Gasteiger charge is 2.11. The molecule has 3 rings (SSSR count). The lowest BCUT2D eigenvalue weighted by molar-refractivity contribution is 0.102. The van der Waals surface area contributed by atoms with Crippen LogP contribution in [0.3, 0.4) is 0 Å². The number of nitrogens with zero attached hydrogens (tertiary/aromatic N) is 2. The fraction of sp³-hybridized carbons (Fsp3) is 0.0556. The smallest absolute Gasteiger partial charge is 0.273 e. The standard InChI is InChI=1S/C18H14N4O/c1-12-2-6-14(7-3-12)16-10-17(22-21-16)18(23)20-15-8-4-13(11-19)5-9-15/h2-10H,1H3,(H,20,23)(H,21,22). The maximum atomic E-state index is 12.2. The predicted molar refractivity (Wildman–Crippen MR) is 87.9 cm³/mol. The molecule has 1 heterocycles. The minimum atomic E-state index is -0.277. The quantitative estimate of drug-likeness (QED) is 0.776. The molecule has 0 aliphatic rings. The summed E-state index contributed by atoms with van der Waals surface area (Å²) < 4.78 is 0. The summed E-state index contributed by atoms with van der Waals surface area (Å²) in [5.74, 6) is -0.277. The summed E-state index contributed by atoms with van der Waals surface area (Å²) in [6.07, 6.45) is 0. The van der Waals surface area contributed by atoms with Gasteiger partial charge >= 0.3 is 0 Å². The Kier molecular flexibility index (Phi) is 3.89. The van der Waals surface area contributed by atoms with Crippen molar-refractivity contribution in [2.75, 3.05) is 5.32 Å². The summed E-state index contributed by atoms with van der Waals surface area (Å²) in [6.45, 7) is 2.02. The lowest BCUT2D eigenvalue weighted by Gasteiger charge is -2.02. The van der Waals surface area contributed by atoms with Gasteiger partial charge in [0.15, 0.2) is 0 Å². The van der Waals surface area contributed by atoms with Crippen molar-refractivity contribution in [3.8, 4) is 17.3 Å². The molecule has 0 aliphatic carbocycles. The number of benzene rings is 2. The van der Waals surface area contributed by atoms with E-state index in [9.17, 15) is 4.79 Å². The monoisotopic (exact) mass is 302 g/mol. The Balaban J connectivity index is 1.75. The average molecular weight is 302 g/mol. The minimum absolute atomic E-state index is 0.277. The Morgan fingerprint density at radius 2 is 1.83 bits per heavy atom. The van der Waals surface area contributed by atoms with Crippen molar-refractivity contribution in [3.05, 3.63) is 71.4 Å². The number of rotatable bonds is 3. The van der Waals surface area contributed by atoms with Gasteiger partial charge in [0.2, 0.25) is 0 Å². The van der Waals surface area contributed by atoms with Crippen LogP contribution >= 0.6 is 0 Å². The SMILES string of the molecule is Cc1ccc(-c2cc(C(=O)Nc3ccc(C#N)cc3)[nH]n2)cc1. The summed E-state index contributed by atoms with van der Waals surface area (Å²) in [4.78, 5) is 12.2. The highest BCUT2D eigenvalue weighted by atomic mass is 16.1. The Morgan fingerprint density at radius 3 is 2.48 bits per heavy atom. The van der Waals surface area contributed by atoms with Crippen LogP contribution in [0, 0.1) is 18.3 Å². The van der Waals surface area contributed by atoms with E-state index < -0.39 is 0 Å². The Morgan fingerprint density at radius 1 is 1.13 bits per heavy atom. The zero-order valence-electron chi connectivity index (χ0n) is 12.5. The van der Waals surface area contributed by atoms with E-state index in [-0.39, 0.29) is 5.91 Å². The number of nitriles is 1. The molecule has 0 atom stereocenters. The van der Waals surface area contributed by atoms with E-state index in [1.807, 2.05) is 37.3 Å². The molecule has 1 aromatic heterocycles. The number of H-pyrrole nitrogens is 1. The van der Waals surface area contributed by atoms with Crippen LogP contribution in [0.5, 0.6) is 0 Å². The van der Waals surface area contributed by atoms with Gasteiger partial charge in [-0.2, -0.15) is 10.4 Å². The second-order valence-corrected chi connectivity index (χ2v) is 5.18. The van der Waals surface area contributed by atoms with Gasteiger partial charge in [-0.1, -0.05) is 29.8 Å². The number of amides is 1. The number of aromatic amines is 1. The van der Waals surface area contributed by atoms with Crippen LogP contribution in [0.25, 0.3) is 11.3 Å². The summed E-state index contributed by atoms with van der Waals surface area (Å²) in [6, 6.07) is 18.4. The van der Waals surface area contributed by atoms with Gasteiger partial charge in [-0.25, -0.2) is 0 Å². The molecular weight excluding hydrogens is 288 g/mol. The number of aromatic nitrogens is 2. The Bertz CT molecular complexity index is 871. The van der Waals surface area contributed by atoms with Crippen LogP contribution in [0.4, 0.5) is 5.69 Å². The van der Waals surface area contributed by atoms with Gasteiger partial charge in [0, 0.05) is 11.3 Å². The lowest BCUT2D eigenvalue weighted by Crippen LogP contribution is -2.12. The maximum Gasteiger partial charge on any atom is 0.273 e. The first-order chi connectivity index (χ1) is 11.2. The van der Waals surface area contributed by atoms with Crippen molar-refractivity contribution in [1.29, 1.82) is 5.26 Å². The van der Waals surface area contributed by atoms with Gasteiger partial charge in [0.05, 0.1) is 17.3 Å². The normalized spacial score (nSPS) is 10.1. The fourth-order valence-electron chi connectivity index (χ4n) is 2.14. The van der Waals surface area contributed by atoms with E-state index in [2.05, 4.69) is 15.5 Å². The van der Waals surface area contributed by atoms with E-state index in [4.69, 9.17) is 5.26 Å². The summed E-state index contributed by atoms with van der Waals surface area (Å²) in [5, 5.41) is 18.5. The van der Waals surface area contributed by atoms with Crippen molar-refractivity contribution in [1.82, 2.24) is 10.2 Å². The molecule has 1 amide bonds. The fourth-order valence-corrected chi connectivity index (χ4v) is 2.14. The van der Waals surface area contributed by atoms with Crippen LogP contribution in [-0.2, 0) is 0 Å². The molecular formula is C18H14N4O. The second kappa shape index (κ2) is 6.16. The zero-order valence-corrected chi connectivity index (χ0v) is 12.5. The second-order valence-electron chi connectivity index (χ2n) is 5.18. The molecule has 2 N–H and O–H groups in total. The number of hydrogen-bond acceptors (Lipinski definition) is 3. The largest absolute Gasteiger partial charge is 0.321 e. The molecule has 0 radical (unpaired) electrons. The first-order valence-electron chi connectivity index (χ1n) is 7.10. The summed E-state index contributed by atoms with van der Waals surface area (Å²) in [5.41, 5.74) is 4.39. The number of carbonyl (C=O) groups is 1. The topological polar surface area (TPSA) is 81.6 Å². The van der Waals surface area contributed by atoms with Gasteiger partial charge in [-0.15, -0.1) is 0 Å². The number of anilines is 1. The molecule has 112 valence electrons. The molecule has 2 aromatic carbocycles. The number of aryl methyl sites for hydroxylation is 1. The molecule has 3 aromatic rings. The third-order valence-corrected chi connectivity index (χ3v) is 3.44. The maximum absolute atomic E-state index is 12.2. The van der Waals surface area contributed by atoms with E-state index in [0.29, 0.717) is 16.9 Å². The van der Waals surface area contributed by atoms with Crippen LogP contribution in [0.2, 0.25) is 0 Å². The number of hydrogen-bond donors (Lipinski definition) is 2. The molecule has 0 fully saturated rings. The molecule has 0 saturated heterocycles. The highest BCUT2D eigenvalue weighted by Crippen LogP contribution is 2.19. The first-order valence-corrected chi connectivity index (χ1v) is 7.10. The van der Waals surface area contributed by atoms with Crippen molar-refractivity contribution < 1.29 is 4.79 Å². The lowest BCUT2D eigenvalue weighted by atomic mass is 10.1. The third-order valence-electron chi connectivity index (χ3n) is 3.44. The van der Waals surface area contributed by atoms with Crippen LogP contribution < -0.4 is 5.32 Å². The van der Waals surface area contributed by atoms with Crippen LogP contribution in [0.15, 0.2) is 54.6 Å². The molecule has 23 heavy (non-hydrogen) atoms. The number of carbonyl (C=O) groups excluding carboxylic acids is 1. The van der Waals surface area contributed by atoms with Crippen molar-refractivity contribution in [3.63, 3.8) is 0 Å². The molecule has 0 saturated carbocycles. The highest BCUT2D eigenvalue weighted by molar-refractivity contribution is 6.03. The Labute approximate surface area is 133 Å². The summed E-state index contributed by atoms with van der Waals surface area (Å²) in [7, 11) is 0. The van der Waals surface area contributed by atoms with Gasteiger partial charge in [-0.3, -0.25) is 9.89 Å². The van der Waals surface area contributed by atoms with Gasteiger partial charge in [-0.05, 0) is 37.3 Å². The van der Waals surface area contributed by atoms with Crippen molar-refractivity contribution in [2.45, 2.75) is 6.92 Å². The molecule has 0 aliphatic heterocycles. The molecule has 5 nitrogen and oxygen atoms in total. The number of nitrogens with one attached hydrogen (secondary N) is 2. The molecule has 0 unspecified atom stereocenters. The summed E-state index contributed by atoms with van der Waals surface area (Å²) >= 11 is 0. The van der Waals surface area contributed by atoms with Crippen LogP contribution in [-0.4, -0.2) is 16.1 Å². The van der Waals surface area contributed by atoms with E-state index >= 15 is 0 Å². The molecule has 0 spiro atoms. The van der Waals surface area contributed by atoms with Crippen molar-refractivity contribution in [2.24, 2.45) is 0 Å². The van der Waals surface area contributed by atoms with Crippen LogP contribution in [0.1, 0.15) is 21.6 Å². The zero-order chi connectivity index (χ0) is 16.2. The predicted octanol–water partition coefficient (Wildman–Crippen LogP) is 3.51. The average Bonchev–Trinajstić information content (AvgIpc) is 3.06. The van der Waals surface area contributed by atoms with Gasteiger partial charge in [0.1, 0.15) is 5.69 Å². The van der Waals surface area contributed by atoms with Gasteiger partial charge in [0.25, 0.3) is 5.91 Å². The van der Waals surface area contributed by atoms with Crippen molar-refractivity contribution >= 4 is 11.6 Å². The molecule has 5 heteroatoms. The minimum Gasteiger partial charge on any atom is -0.321 e. The third kappa shape index (κ3) is 3.27. The van der Waals surface area contributed by atoms with E-state index in [1.54, 1.807) is 30.3 Å². The molecule has 0 bridgehead atoms. The van der Waals surface area contributed by atoms with E-state index in [0.717, 1.165) is 11.3 Å².